The standard InChI is InChI=1S/C24H25NO2/c1-18(26)5-3-2-4-6-19-7-9-20(10-8-19)21-11-13-22(14-12-21)24-16-15-23(27)17-25-24/h4,6-18,26-27H,2-3,5H2,1H3/b6-4+. The lowest BCUT2D eigenvalue weighted by molar-refractivity contribution is 0.182. The number of allylic oxidation sites excluding steroid dienone is 1. The van der Waals surface area contributed by atoms with E-state index in [9.17, 15) is 10.2 Å². The fourth-order valence-corrected chi connectivity index (χ4v) is 2.93. The van der Waals surface area contributed by atoms with Gasteiger partial charge in [0.25, 0.3) is 0 Å². The van der Waals surface area contributed by atoms with Crippen LogP contribution in [0.4, 0.5) is 0 Å². The quantitative estimate of drug-likeness (QED) is 0.533. The van der Waals surface area contributed by atoms with Crippen molar-refractivity contribution in [1.82, 2.24) is 4.98 Å². The summed E-state index contributed by atoms with van der Waals surface area (Å²) in [5.41, 5.74) is 5.38. The first-order valence-corrected chi connectivity index (χ1v) is 9.32. The minimum absolute atomic E-state index is 0.174. The second kappa shape index (κ2) is 9.15. The molecular weight excluding hydrogens is 334 g/mol. The Morgan fingerprint density at radius 1 is 0.889 bits per heavy atom. The summed E-state index contributed by atoms with van der Waals surface area (Å²) < 4.78 is 0. The molecule has 3 heteroatoms. The van der Waals surface area contributed by atoms with Gasteiger partial charge in [-0.1, -0.05) is 60.7 Å². The Morgan fingerprint density at radius 2 is 1.52 bits per heavy atom. The molecule has 0 aliphatic rings. The fourth-order valence-electron chi connectivity index (χ4n) is 2.93. The zero-order valence-corrected chi connectivity index (χ0v) is 15.5. The number of nitrogens with zero attached hydrogens (tertiary/aromatic N) is 1. The molecule has 0 spiro atoms. The highest BCUT2D eigenvalue weighted by Gasteiger charge is 2.02. The van der Waals surface area contributed by atoms with E-state index in [0.29, 0.717) is 0 Å². The molecule has 0 saturated heterocycles. The summed E-state index contributed by atoms with van der Waals surface area (Å²) in [4.78, 5) is 4.24. The second-order valence-electron chi connectivity index (χ2n) is 6.78. The fraction of sp³-hybridized carbons (Fsp3) is 0.208. The van der Waals surface area contributed by atoms with Crippen molar-refractivity contribution in [2.45, 2.75) is 32.3 Å². The van der Waals surface area contributed by atoms with Gasteiger partial charge in [0, 0.05) is 5.56 Å². The number of aromatic hydroxyl groups is 1. The molecule has 27 heavy (non-hydrogen) atoms. The van der Waals surface area contributed by atoms with E-state index in [1.807, 2.05) is 25.1 Å². The SMILES string of the molecule is CC(O)CCC/C=C/c1ccc(-c2ccc(-c3ccc(O)cn3)cc2)cc1. The van der Waals surface area contributed by atoms with Gasteiger partial charge < -0.3 is 10.2 Å². The number of benzene rings is 2. The van der Waals surface area contributed by atoms with Gasteiger partial charge in [-0.25, -0.2) is 0 Å². The Hall–Kier alpha value is -2.91. The van der Waals surface area contributed by atoms with Crippen molar-refractivity contribution in [2.75, 3.05) is 0 Å². The molecule has 2 aromatic carbocycles. The topological polar surface area (TPSA) is 53.4 Å². The number of pyridine rings is 1. The monoisotopic (exact) mass is 359 g/mol. The Labute approximate surface area is 160 Å². The van der Waals surface area contributed by atoms with Crippen LogP contribution in [0.25, 0.3) is 28.5 Å². The summed E-state index contributed by atoms with van der Waals surface area (Å²) in [5, 5.41) is 18.6. The lowest BCUT2D eigenvalue weighted by atomic mass is 10.0. The third kappa shape index (κ3) is 5.53. The van der Waals surface area contributed by atoms with Crippen molar-refractivity contribution in [3.05, 3.63) is 78.5 Å². The van der Waals surface area contributed by atoms with E-state index < -0.39 is 0 Å². The average molecular weight is 359 g/mol. The van der Waals surface area contributed by atoms with Crippen molar-refractivity contribution in [2.24, 2.45) is 0 Å². The zero-order chi connectivity index (χ0) is 19.1. The van der Waals surface area contributed by atoms with Crippen LogP contribution in [0, 0.1) is 0 Å². The van der Waals surface area contributed by atoms with Gasteiger partial charge in [0.2, 0.25) is 0 Å². The van der Waals surface area contributed by atoms with Gasteiger partial charge in [-0.15, -0.1) is 0 Å². The van der Waals surface area contributed by atoms with Crippen LogP contribution in [-0.4, -0.2) is 21.3 Å². The molecule has 0 amide bonds. The lowest BCUT2D eigenvalue weighted by Gasteiger charge is -2.05. The van der Waals surface area contributed by atoms with E-state index in [4.69, 9.17) is 0 Å². The predicted octanol–water partition coefficient (Wildman–Crippen LogP) is 5.69. The summed E-state index contributed by atoms with van der Waals surface area (Å²) in [6, 6.07) is 20.2. The van der Waals surface area contributed by atoms with E-state index >= 15 is 0 Å². The normalized spacial score (nSPS) is 12.4. The van der Waals surface area contributed by atoms with E-state index in [1.165, 1.54) is 17.3 Å². The summed E-state index contributed by atoms with van der Waals surface area (Å²) >= 11 is 0. The number of aromatic nitrogens is 1. The third-order valence-electron chi connectivity index (χ3n) is 4.48. The molecule has 1 aromatic heterocycles. The van der Waals surface area contributed by atoms with Crippen LogP contribution in [0.15, 0.2) is 72.9 Å². The lowest BCUT2D eigenvalue weighted by Crippen LogP contribution is -1.97. The van der Waals surface area contributed by atoms with Gasteiger partial charge in [0.1, 0.15) is 5.75 Å². The third-order valence-corrected chi connectivity index (χ3v) is 4.48. The molecule has 3 nitrogen and oxygen atoms in total. The molecular formula is C24H25NO2. The molecule has 3 aromatic rings. The maximum atomic E-state index is 9.34. The van der Waals surface area contributed by atoms with E-state index in [1.54, 1.807) is 6.07 Å². The number of rotatable bonds is 7. The predicted molar refractivity (Wildman–Crippen MR) is 111 cm³/mol. The first kappa shape index (κ1) is 18.9. The highest BCUT2D eigenvalue weighted by Crippen LogP contribution is 2.25. The van der Waals surface area contributed by atoms with Gasteiger partial charge in [0.15, 0.2) is 0 Å². The smallest absolute Gasteiger partial charge is 0.133 e. The van der Waals surface area contributed by atoms with Crippen LogP contribution < -0.4 is 0 Å². The highest BCUT2D eigenvalue weighted by molar-refractivity contribution is 5.70. The summed E-state index contributed by atoms with van der Waals surface area (Å²) in [6.45, 7) is 1.83. The molecule has 2 N–H and O–H groups in total. The van der Waals surface area contributed by atoms with Crippen molar-refractivity contribution in [3.8, 4) is 28.1 Å². The van der Waals surface area contributed by atoms with Gasteiger partial charge in [-0.2, -0.15) is 0 Å². The number of hydrogen-bond donors (Lipinski definition) is 2. The molecule has 0 aliphatic heterocycles. The largest absolute Gasteiger partial charge is 0.506 e. The molecule has 1 unspecified atom stereocenters. The first-order chi connectivity index (χ1) is 13.1. The molecule has 138 valence electrons. The van der Waals surface area contributed by atoms with E-state index in [0.717, 1.165) is 36.1 Å². The van der Waals surface area contributed by atoms with Crippen LogP contribution in [0.5, 0.6) is 5.75 Å². The molecule has 0 bridgehead atoms. The van der Waals surface area contributed by atoms with E-state index in [-0.39, 0.29) is 11.9 Å². The molecule has 3 rings (SSSR count). The van der Waals surface area contributed by atoms with Crippen LogP contribution in [-0.2, 0) is 0 Å². The van der Waals surface area contributed by atoms with Crippen molar-refractivity contribution < 1.29 is 10.2 Å². The molecule has 0 fully saturated rings. The van der Waals surface area contributed by atoms with Gasteiger partial charge in [0.05, 0.1) is 18.0 Å². The molecule has 0 saturated carbocycles. The van der Waals surface area contributed by atoms with Crippen molar-refractivity contribution in [1.29, 1.82) is 0 Å². The molecule has 1 atom stereocenters. The average Bonchev–Trinajstić information content (AvgIpc) is 2.69. The first-order valence-electron chi connectivity index (χ1n) is 9.32. The van der Waals surface area contributed by atoms with Crippen LogP contribution in [0.1, 0.15) is 31.7 Å². The Morgan fingerprint density at radius 3 is 2.11 bits per heavy atom. The number of unbranched alkanes of at least 4 members (excludes halogenated alkanes) is 1. The van der Waals surface area contributed by atoms with E-state index in [2.05, 4.69) is 53.5 Å². The number of hydrogen-bond acceptors (Lipinski definition) is 3. The maximum absolute atomic E-state index is 9.34. The minimum Gasteiger partial charge on any atom is -0.506 e. The van der Waals surface area contributed by atoms with Crippen molar-refractivity contribution >= 4 is 6.08 Å². The van der Waals surface area contributed by atoms with Crippen LogP contribution >= 0.6 is 0 Å². The Balaban J connectivity index is 1.63. The number of aliphatic hydroxyl groups excluding tert-OH is 1. The maximum Gasteiger partial charge on any atom is 0.133 e. The summed E-state index contributed by atoms with van der Waals surface area (Å²) in [7, 11) is 0. The summed E-state index contributed by atoms with van der Waals surface area (Å²) in [6.07, 6.45) is 8.38. The molecule has 0 aliphatic carbocycles. The Bertz CT molecular complexity index is 864. The van der Waals surface area contributed by atoms with Gasteiger partial charge in [-0.3, -0.25) is 4.98 Å². The number of aliphatic hydroxyl groups is 1. The summed E-state index contributed by atoms with van der Waals surface area (Å²) in [5.74, 6) is 0.174. The second-order valence-corrected chi connectivity index (χ2v) is 6.78. The Kier molecular flexibility index (Phi) is 6.39. The van der Waals surface area contributed by atoms with Crippen molar-refractivity contribution in [3.63, 3.8) is 0 Å². The van der Waals surface area contributed by atoms with Gasteiger partial charge in [-0.05, 0) is 55.0 Å². The highest BCUT2D eigenvalue weighted by atomic mass is 16.3. The zero-order valence-electron chi connectivity index (χ0n) is 15.5. The van der Waals surface area contributed by atoms with Crippen LogP contribution in [0.2, 0.25) is 0 Å². The molecule has 0 radical (unpaired) electrons. The van der Waals surface area contributed by atoms with Crippen LogP contribution in [0.3, 0.4) is 0 Å². The molecule has 1 heterocycles. The minimum atomic E-state index is -0.214. The van der Waals surface area contributed by atoms with Gasteiger partial charge >= 0.3 is 0 Å².